The van der Waals surface area contributed by atoms with Crippen molar-refractivity contribution in [2.45, 2.75) is 56.2 Å². The molecule has 1 N–H and O–H groups in total. The molecular formula is C32H37N3O3. The van der Waals surface area contributed by atoms with Crippen LogP contribution in [0.4, 0.5) is 5.69 Å². The predicted octanol–water partition coefficient (Wildman–Crippen LogP) is 3.87. The first-order chi connectivity index (χ1) is 18.3. The zero-order valence-corrected chi connectivity index (χ0v) is 22.8. The maximum Gasteiger partial charge on any atom is 0.298 e. The monoisotopic (exact) mass is 511 g/mol. The van der Waals surface area contributed by atoms with Crippen LogP contribution in [0.3, 0.4) is 0 Å². The number of likely N-dealkylation sites (tertiary alicyclic amines) is 1. The Labute approximate surface area is 225 Å². The van der Waals surface area contributed by atoms with E-state index in [1.54, 1.807) is 4.90 Å². The summed E-state index contributed by atoms with van der Waals surface area (Å²) in [7, 11) is 5.93. The second-order valence-corrected chi connectivity index (χ2v) is 11.7. The second kappa shape index (κ2) is 9.10. The summed E-state index contributed by atoms with van der Waals surface area (Å²) in [5, 5.41) is 11.2. The quantitative estimate of drug-likeness (QED) is 0.499. The van der Waals surface area contributed by atoms with Gasteiger partial charge in [0.25, 0.3) is 5.91 Å². The Balaban J connectivity index is 1.41. The third kappa shape index (κ3) is 3.55. The number of carbonyl (C=O) groups excluding carboxylic acids is 1. The molecule has 1 amide bonds. The summed E-state index contributed by atoms with van der Waals surface area (Å²) in [6.07, 6.45) is 5.55. The molecule has 0 unspecified atom stereocenters. The number of nitrogens with zero attached hydrogens (tertiary/aromatic N) is 3. The van der Waals surface area contributed by atoms with Gasteiger partial charge in [-0.2, -0.15) is 0 Å². The van der Waals surface area contributed by atoms with E-state index in [1.165, 1.54) is 11.1 Å². The van der Waals surface area contributed by atoms with Crippen LogP contribution in [0.25, 0.3) is 0 Å². The van der Waals surface area contributed by atoms with Crippen molar-refractivity contribution in [2.24, 2.45) is 5.92 Å². The number of likely N-dealkylation sites (N-methyl/N-ethyl adjacent to an activating group) is 1. The number of anilines is 1. The number of rotatable bonds is 4. The lowest BCUT2D eigenvalue weighted by molar-refractivity contribution is -0.134. The molecule has 2 fully saturated rings. The Morgan fingerprint density at radius 1 is 1.29 bits per heavy atom. The minimum atomic E-state index is -0.226. The molecule has 5 atom stereocenters. The smallest absolute Gasteiger partial charge is 0.298 e. The average molecular weight is 512 g/mol. The second-order valence-electron chi connectivity index (χ2n) is 11.7. The fourth-order valence-corrected chi connectivity index (χ4v) is 7.94. The summed E-state index contributed by atoms with van der Waals surface area (Å²) in [5.74, 6) is 6.99. The Morgan fingerprint density at radius 3 is 2.84 bits per heavy atom. The van der Waals surface area contributed by atoms with Gasteiger partial charge in [-0.05, 0) is 68.3 Å². The molecule has 0 radical (unpaired) electrons. The first-order valence-corrected chi connectivity index (χ1v) is 13.7. The van der Waals surface area contributed by atoms with Crippen molar-refractivity contribution >= 4 is 11.6 Å². The number of phenols is 1. The normalized spacial score (nSPS) is 28.4. The van der Waals surface area contributed by atoms with E-state index in [1.807, 2.05) is 64.5 Å². The van der Waals surface area contributed by atoms with Gasteiger partial charge in [-0.1, -0.05) is 24.1 Å². The summed E-state index contributed by atoms with van der Waals surface area (Å²) in [5.41, 5.74) is 5.28. The molecule has 2 heterocycles. The van der Waals surface area contributed by atoms with Crippen molar-refractivity contribution in [3.63, 3.8) is 0 Å². The summed E-state index contributed by atoms with van der Waals surface area (Å²) >= 11 is 0. The van der Waals surface area contributed by atoms with Crippen molar-refractivity contribution in [3.8, 4) is 23.3 Å². The molecule has 198 valence electrons. The number of hydrogen-bond donors (Lipinski definition) is 1. The van der Waals surface area contributed by atoms with E-state index >= 15 is 0 Å². The van der Waals surface area contributed by atoms with Gasteiger partial charge in [0.1, 0.15) is 6.10 Å². The lowest BCUT2D eigenvalue weighted by atomic mass is 9.50. The SMILES string of the molecule is C=CCN1CC[C@]23c4c5c(N(C)C)cc(O)c4O[C@H]2[C@@H](N(C)C(=O)C#Cc2cccc(C)c2)CC[C@H]3[C@H]1C5. The molecule has 4 aliphatic rings. The number of ether oxygens (including phenoxy) is 1. The van der Waals surface area contributed by atoms with Crippen LogP contribution >= 0.6 is 0 Å². The highest BCUT2D eigenvalue weighted by Crippen LogP contribution is 2.65. The Kier molecular flexibility index (Phi) is 5.96. The topological polar surface area (TPSA) is 56.2 Å². The highest BCUT2D eigenvalue weighted by Gasteiger charge is 2.66. The lowest BCUT2D eigenvalue weighted by Crippen LogP contribution is -2.68. The van der Waals surface area contributed by atoms with Crippen LogP contribution in [0, 0.1) is 24.7 Å². The Hall–Kier alpha value is -3.43. The van der Waals surface area contributed by atoms with E-state index in [-0.39, 0.29) is 29.2 Å². The van der Waals surface area contributed by atoms with Gasteiger partial charge in [0.15, 0.2) is 11.5 Å². The fraction of sp³-hybridized carbons (Fsp3) is 0.469. The first kappa shape index (κ1) is 24.9. The van der Waals surface area contributed by atoms with Gasteiger partial charge in [0, 0.05) is 67.9 Å². The Bertz CT molecular complexity index is 1370. The van der Waals surface area contributed by atoms with E-state index < -0.39 is 0 Å². The van der Waals surface area contributed by atoms with E-state index in [0.29, 0.717) is 17.7 Å². The van der Waals surface area contributed by atoms with Crippen LogP contribution in [-0.2, 0) is 16.6 Å². The molecule has 1 saturated carbocycles. The van der Waals surface area contributed by atoms with Crippen LogP contribution in [-0.4, -0.2) is 73.2 Å². The molecule has 2 aliphatic carbocycles. The molecule has 1 saturated heterocycles. The van der Waals surface area contributed by atoms with Crippen LogP contribution in [0.2, 0.25) is 0 Å². The molecular weight excluding hydrogens is 474 g/mol. The van der Waals surface area contributed by atoms with Crippen LogP contribution < -0.4 is 9.64 Å². The number of aryl methyl sites for hydroxylation is 1. The minimum absolute atomic E-state index is 0.113. The third-order valence-corrected chi connectivity index (χ3v) is 9.50. The summed E-state index contributed by atoms with van der Waals surface area (Å²) in [6.45, 7) is 7.87. The highest BCUT2D eigenvalue weighted by molar-refractivity contribution is 5.94. The molecule has 2 bridgehead atoms. The van der Waals surface area contributed by atoms with Crippen molar-refractivity contribution in [2.75, 3.05) is 39.1 Å². The fourth-order valence-electron chi connectivity index (χ4n) is 7.94. The van der Waals surface area contributed by atoms with Gasteiger partial charge < -0.3 is 19.6 Å². The van der Waals surface area contributed by atoms with Gasteiger partial charge >= 0.3 is 0 Å². The number of phenolic OH excluding ortho intramolecular Hbond substituents is 1. The standard InChI is InChI=1S/C32H37N3O3/c1-6-15-35-16-14-32-23-11-12-24(34(5)28(37)13-10-21-9-7-8-20(2)17-21)31(32)38-30-27(36)19-25(33(3)4)22(29(30)32)18-26(23)35/h6-9,17,19,23-24,26,31,36H,1,11-12,14-16,18H2,2-5H3/t23-,24-,26+,31-,32-/m0/s1. The number of piperidine rings is 1. The molecule has 1 spiro atoms. The summed E-state index contributed by atoms with van der Waals surface area (Å²) in [6, 6.07) is 10.0. The largest absolute Gasteiger partial charge is 0.504 e. The molecule has 2 aromatic carbocycles. The van der Waals surface area contributed by atoms with E-state index in [4.69, 9.17) is 4.74 Å². The minimum Gasteiger partial charge on any atom is -0.504 e. The maximum atomic E-state index is 13.4. The van der Waals surface area contributed by atoms with E-state index in [9.17, 15) is 9.90 Å². The third-order valence-electron chi connectivity index (χ3n) is 9.50. The zero-order chi connectivity index (χ0) is 26.8. The van der Waals surface area contributed by atoms with Crippen LogP contribution in [0.15, 0.2) is 43.0 Å². The molecule has 6 nitrogen and oxygen atoms in total. The van der Waals surface area contributed by atoms with Gasteiger partial charge in [-0.25, -0.2) is 0 Å². The van der Waals surface area contributed by atoms with Crippen molar-refractivity contribution in [1.29, 1.82) is 0 Å². The molecule has 2 aliphatic heterocycles. The number of carbonyl (C=O) groups is 1. The first-order valence-electron chi connectivity index (χ1n) is 13.7. The number of hydrogen-bond acceptors (Lipinski definition) is 5. The van der Waals surface area contributed by atoms with Crippen molar-refractivity contribution < 1.29 is 14.6 Å². The molecule has 0 aromatic heterocycles. The molecule has 38 heavy (non-hydrogen) atoms. The van der Waals surface area contributed by atoms with E-state index in [0.717, 1.165) is 55.6 Å². The number of aromatic hydroxyl groups is 1. The average Bonchev–Trinajstić information content (AvgIpc) is 3.24. The summed E-state index contributed by atoms with van der Waals surface area (Å²) in [4.78, 5) is 19.8. The lowest BCUT2D eigenvalue weighted by Gasteiger charge is -2.60. The van der Waals surface area contributed by atoms with Gasteiger partial charge in [0.05, 0.1) is 6.04 Å². The summed E-state index contributed by atoms with van der Waals surface area (Å²) < 4.78 is 6.75. The highest BCUT2D eigenvalue weighted by atomic mass is 16.5. The maximum absolute atomic E-state index is 13.4. The predicted molar refractivity (Wildman–Crippen MR) is 150 cm³/mol. The number of amides is 1. The van der Waals surface area contributed by atoms with Crippen LogP contribution in [0.1, 0.15) is 41.5 Å². The van der Waals surface area contributed by atoms with Crippen molar-refractivity contribution in [3.05, 3.63) is 65.2 Å². The van der Waals surface area contributed by atoms with E-state index in [2.05, 4.69) is 28.2 Å². The van der Waals surface area contributed by atoms with Crippen molar-refractivity contribution in [1.82, 2.24) is 9.80 Å². The van der Waals surface area contributed by atoms with Gasteiger partial charge in [-0.15, -0.1) is 6.58 Å². The van der Waals surface area contributed by atoms with Gasteiger partial charge in [0.2, 0.25) is 0 Å². The number of benzene rings is 2. The molecule has 6 rings (SSSR count). The van der Waals surface area contributed by atoms with Crippen LogP contribution in [0.5, 0.6) is 11.5 Å². The zero-order valence-electron chi connectivity index (χ0n) is 22.8. The molecule has 6 heteroatoms. The molecule has 2 aromatic rings. The Morgan fingerprint density at radius 2 is 2.11 bits per heavy atom. The van der Waals surface area contributed by atoms with Gasteiger partial charge in [-0.3, -0.25) is 9.69 Å².